The van der Waals surface area contributed by atoms with Gasteiger partial charge in [-0.15, -0.1) is 5.10 Å². The van der Waals surface area contributed by atoms with E-state index in [2.05, 4.69) is 14.8 Å². The van der Waals surface area contributed by atoms with E-state index in [1.165, 1.54) is 30.3 Å². The number of carbonyl (C=O) groups excluding carboxylic acids is 1. The molecule has 0 spiro atoms. The van der Waals surface area contributed by atoms with E-state index in [9.17, 15) is 4.79 Å². The van der Waals surface area contributed by atoms with Gasteiger partial charge in [0.05, 0.1) is 17.2 Å². The fraction of sp³-hybridized carbons (Fsp3) is 0.100. The van der Waals surface area contributed by atoms with Crippen molar-refractivity contribution in [2.75, 3.05) is 12.8 Å². The first-order chi connectivity index (χ1) is 8.52. The molecule has 18 heavy (non-hydrogen) atoms. The molecule has 8 heteroatoms. The lowest BCUT2D eigenvalue weighted by Gasteiger charge is -2.07. The summed E-state index contributed by atoms with van der Waals surface area (Å²) in [6, 6.07) is 3.06. The van der Waals surface area contributed by atoms with Crippen molar-refractivity contribution in [3.8, 4) is 5.69 Å². The van der Waals surface area contributed by atoms with Crippen LogP contribution in [0, 0.1) is 0 Å². The minimum atomic E-state index is -0.642. The van der Waals surface area contributed by atoms with Crippen molar-refractivity contribution < 1.29 is 9.53 Å². The predicted octanol–water partition coefficient (Wildman–Crippen LogP) is 1.94. The van der Waals surface area contributed by atoms with Crippen molar-refractivity contribution >= 4 is 34.9 Å². The molecule has 0 aliphatic heterocycles. The second-order valence-electron chi connectivity index (χ2n) is 3.34. The van der Waals surface area contributed by atoms with E-state index in [4.69, 9.17) is 28.9 Å². The van der Waals surface area contributed by atoms with E-state index in [1.54, 1.807) is 0 Å². The molecule has 1 heterocycles. The summed E-state index contributed by atoms with van der Waals surface area (Å²) in [6.07, 6.45) is 1.32. The number of methoxy groups -OCH3 is 1. The van der Waals surface area contributed by atoms with Crippen LogP contribution in [0.5, 0.6) is 0 Å². The van der Waals surface area contributed by atoms with Crippen molar-refractivity contribution in [1.82, 2.24) is 14.8 Å². The number of rotatable bonds is 2. The summed E-state index contributed by atoms with van der Waals surface area (Å²) in [5.41, 5.74) is 6.42. The fourth-order valence-corrected chi connectivity index (χ4v) is 2.04. The van der Waals surface area contributed by atoms with Gasteiger partial charge < -0.3 is 10.5 Å². The van der Waals surface area contributed by atoms with E-state index in [1.807, 2.05) is 0 Å². The molecule has 0 unspecified atom stereocenters. The van der Waals surface area contributed by atoms with Crippen LogP contribution in [0.1, 0.15) is 10.6 Å². The van der Waals surface area contributed by atoms with Gasteiger partial charge in [0, 0.05) is 5.69 Å². The molecule has 0 aliphatic carbocycles. The van der Waals surface area contributed by atoms with Crippen LogP contribution in [0.25, 0.3) is 5.69 Å². The van der Waals surface area contributed by atoms with Gasteiger partial charge >= 0.3 is 5.97 Å². The Kier molecular flexibility index (Phi) is 3.40. The fourth-order valence-electron chi connectivity index (χ4n) is 1.36. The van der Waals surface area contributed by atoms with E-state index in [-0.39, 0.29) is 5.82 Å². The molecule has 0 saturated carbocycles. The Bertz CT molecular complexity index is 589. The van der Waals surface area contributed by atoms with Gasteiger partial charge in [-0.1, -0.05) is 23.2 Å². The number of benzene rings is 1. The Labute approximate surface area is 112 Å². The van der Waals surface area contributed by atoms with Gasteiger partial charge in [-0.05, 0) is 12.1 Å². The third kappa shape index (κ3) is 2.25. The maximum atomic E-state index is 11.2. The monoisotopic (exact) mass is 286 g/mol. The Balaban J connectivity index is 2.49. The van der Waals surface area contributed by atoms with Crippen LogP contribution >= 0.6 is 23.2 Å². The van der Waals surface area contributed by atoms with Gasteiger partial charge in [-0.2, -0.15) is 0 Å². The summed E-state index contributed by atoms with van der Waals surface area (Å²) in [6.45, 7) is 0. The predicted molar refractivity (Wildman–Crippen MR) is 67.1 cm³/mol. The van der Waals surface area contributed by atoms with Gasteiger partial charge in [0.25, 0.3) is 5.82 Å². The number of ether oxygens (including phenoxy) is 1. The average Bonchev–Trinajstić information content (AvgIpc) is 2.76. The first-order valence-electron chi connectivity index (χ1n) is 4.78. The van der Waals surface area contributed by atoms with Crippen LogP contribution in [0.4, 0.5) is 5.69 Å². The van der Waals surface area contributed by atoms with E-state index < -0.39 is 5.97 Å². The normalized spacial score (nSPS) is 10.4. The highest BCUT2D eigenvalue weighted by molar-refractivity contribution is 6.38. The number of halogens is 2. The zero-order valence-electron chi connectivity index (χ0n) is 9.22. The van der Waals surface area contributed by atoms with Crippen LogP contribution in [-0.4, -0.2) is 27.8 Å². The standard InChI is InChI=1S/C10H8Cl2N4O2/c1-18-10(17)9-14-4-16(15-9)8-6(11)2-5(13)3-7(8)12/h2-4H,13H2,1H3. The number of hydrogen-bond donors (Lipinski definition) is 1. The summed E-state index contributed by atoms with van der Waals surface area (Å²) < 4.78 is 5.79. The summed E-state index contributed by atoms with van der Waals surface area (Å²) in [5.74, 6) is -0.724. The number of hydrogen-bond acceptors (Lipinski definition) is 5. The molecule has 0 saturated heterocycles. The van der Waals surface area contributed by atoms with Crippen LogP contribution < -0.4 is 5.73 Å². The minimum Gasteiger partial charge on any atom is -0.463 e. The summed E-state index contributed by atoms with van der Waals surface area (Å²) in [7, 11) is 1.24. The average molecular weight is 287 g/mol. The molecule has 0 amide bonds. The Morgan fingerprint density at radius 2 is 2.00 bits per heavy atom. The van der Waals surface area contributed by atoms with Crippen LogP contribution in [0.3, 0.4) is 0 Å². The summed E-state index contributed by atoms with van der Waals surface area (Å²) in [5, 5.41) is 4.54. The topological polar surface area (TPSA) is 83.0 Å². The molecule has 0 fully saturated rings. The second-order valence-corrected chi connectivity index (χ2v) is 4.15. The molecule has 0 atom stereocenters. The first kappa shape index (κ1) is 12.7. The van der Waals surface area contributed by atoms with Gasteiger partial charge in [0.15, 0.2) is 0 Å². The number of nitrogens with two attached hydrogens (primary N) is 1. The van der Waals surface area contributed by atoms with Crippen LogP contribution in [-0.2, 0) is 4.74 Å². The number of esters is 1. The zero-order chi connectivity index (χ0) is 13.3. The second kappa shape index (κ2) is 4.83. The number of nitrogens with zero attached hydrogens (tertiary/aromatic N) is 3. The molecule has 2 N–H and O–H groups in total. The Morgan fingerprint density at radius 3 is 2.56 bits per heavy atom. The molecule has 1 aromatic carbocycles. The van der Waals surface area contributed by atoms with E-state index in [0.29, 0.717) is 21.4 Å². The van der Waals surface area contributed by atoms with Crippen LogP contribution in [0.15, 0.2) is 18.5 Å². The number of aromatic nitrogens is 3. The number of nitrogen functional groups attached to an aromatic ring is 1. The third-order valence-corrected chi connectivity index (χ3v) is 2.70. The highest BCUT2D eigenvalue weighted by atomic mass is 35.5. The molecule has 6 nitrogen and oxygen atoms in total. The quantitative estimate of drug-likeness (QED) is 0.674. The van der Waals surface area contributed by atoms with Crippen molar-refractivity contribution in [3.05, 3.63) is 34.3 Å². The lowest BCUT2D eigenvalue weighted by atomic mass is 10.3. The van der Waals surface area contributed by atoms with Gasteiger partial charge in [-0.3, -0.25) is 0 Å². The molecule has 0 aliphatic rings. The smallest absolute Gasteiger partial charge is 0.377 e. The zero-order valence-corrected chi connectivity index (χ0v) is 10.7. The Hall–Kier alpha value is -1.79. The summed E-state index contributed by atoms with van der Waals surface area (Å²) in [4.78, 5) is 15.0. The highest BCUT2D eigenvalue weighted by Crippen LogP contribution is 2.30. The van der Waals surface area contributed by atoms with Gasteiger partial charge in [0.2, 0.25) is 0 Å². The molecule has 94 valence electrons. The maximum Gasteiger partial charge on any atom is 0.377 e. The van der Waals surface area contributed by atoms with E-state index in [0.717, 1.165) is 0 Å². The Morgan fingerprint density at radius 1 is 1.39 bits per heavy atom. The van der Waals surface area contributed by atoms with Crippen LogP contribution in [0.2, 0.25) is 10.0 Å². The van der Waals surface area contributed by atoms with Crippen molar-refractivity contribution in [3.63, 3.8) is 0 Å². The maximum absolute atomic E-state index is 11.2. The minimum absolute atomic E-state index is 0.0820. The molecular weight excluding hydrogens is 279 g/mol. The van der Waals surface area contributed by atoms with Gasteiger partial charge in [-0.25, -0.2) is 14.5 Å². The largest absolute Gasteiger partial charge is 0.463 e. The summed E-state index contributed by atoms with van der Waals surface area (Å²) >= 11 is 12.0. The SMILES string of the molecule is COC(=O)c1ncn(-c2c(Cl)cc(N)cc2Cl)n1. The van der Waals surface area contributed by atoms with E-state index >= 15 is 0 Å². The molecule has 2 rings (SSSR count). The molecular formula is C10H8Cl2N4O2. The van der Waals surface area contributed by atoms with Crippen molar-refractivity contribution in [2.45, 2.75) is 0 Å². The molecule has 0 radical (unpaired) electrons. The van der Waals surface area contributed by atoms with Crippen molar-refractivity contribution in [2.24, 2.45) is 0 Å². The number of carbonyl (C=O) groups is 1. The molecule has 0 bridgehead atoms. The lowest BCUT2D eigenvalue weighted by Crippen LogP contribution is -2.05. The first-order valence-corrected chi connectivity index (χ1v) is 5.53. The molecule has 1 aromatic heterocycles. The van der Waals surface area contributed by atoms with Crippen molar-refractivity contribution in [1.29, 1.82) is 0 Å². The lowest BCUT2D eigenvalue weighted by molar-refractivity contribution is 0.0587. The molecule has 2 aromatic rings. The van der Waals surface area contributed by atoms with Gasteiger partial charge in [0.1, 0.15) is 12.0 Å². The third-order valence-electron chi connectivity index (χ3n) is 2.13. The highest BCUT2D eigenvalue weighted by Gasteiger charge is 2.15. The number of anilines is 1.